The van der Waals surface area contributed by atoms with Crippen LogP contribution >= 0.6 is 0 Å². The highest BCUT2D eigenvalue weighted by molar-refractivity contribution is 6.10. The summed E-state index contributed by atoms with van der Waals surface area (Å²) in [6.45, 7) is -0.296. The number of nitrogens with one attached hydrogen (secondary N) is 1. The predicted molar refractivity (Wildman–Crippen MR) is 107 cm³/mol. The molecule has 0 unspecified atom stereocenters. The second kappa shape index (κ2) is 6.60. The molecule has 0 saturated heterocycles. The second-order valence-corrected chi connectivity index (χ2v) is 7.13. The van der Waals surface area contributed by atoms with E-state index in [1.54, 1.807) is 6.20 Å². The Morgan fingerprint density at radius 2 is 1.75 bits per heavy atom. The molecule has 5 nitrogen and oxygen atoms in total. The number of hydrogen-bond acceptors (Lipinski definition) is 4. The molecule has 2 heterocycles. The third-order valence-electron chi connectivity index (χ3n) is 5.18. The maximum atomic E-state index is 12.8. The minimum Gasteiger partial charge on any atom is -0.454 e. The molecule has 1 N–H and O–H groups in total. The highest BCUT2D eigenvalue weighted by Gasteiger charge is 2.27. The Balaban J connectivity index is 1.40. The standard InChI is InChI=1S/C23H18N2O3/c26-22(18-12-24-19-7-3-1-6-16(18)19)13-28-23(27)17-11-21(14-9-10-14)25-20-8-4-2-5-15(17)20/h1-8,11-12,14,24H,9-10,13H2. The summed E-state index contributed by atoms with van der Waals surface area (Å²) in [5.41, 5.74) is 3.59. The van der Waals surface area contributed by atoms with E-state index in [-0.39, 0.29) is 12.4 Å². The summed E-state index contributed by atoms with van der Waals surface area (Å²) in [7, 11) is 0. The number of ether oxygens (including phenoxy) is 1. The van der Waals surface area contributed by atoms with Crippen molar-refractivity contribution in [1.82, 2.24) is 9.97 Å². The van der Waals surface area contributed by atoms with Gasteiger partial charge in [0, 0.05) is 39.7 Å². The molecular weight excluding hydrogens is 352 g/mol. The van der Waals surface area contributed by atoms with Crippen LogP contribution in [0.15, 0.2) is 60.8 Å². The SMILES string of the molecule is O=C(OCC(=O)c1c[nH]c2ccccc12)c1cc(C2CC2)nc2ccccc12. The zero-order valence-electron chi connectivity index (χ0n) is 15.1. The van der Waals surface area contributed by atoms with Gasteiger partial charge in [-0.1, -0.05) is 36.4 Å². The maximum Gasteiger partial charge on any atom is 0.339 e. The van der Waals surface area contributed by atoms with Crippen molar-refractivity contribution in [2.45, 2.75) is 18.8 Å². The summed E-state index contributed by atoms with van der Waals surface area (Å²) in [5.74, 6) is -0.302. The van der Waals surface area contributed by atoms with Crippen LogP contribution in [0.25, 0.3) is 21.8 Å². The van der Waals surface area contributed by atoms with Crippen LogP contribution < -0.4 is 0 Å². The Kier molecular flexibility index (Phi) is 3.93. The molecule has 0 atom stereocenters. The molecule has 1 fully saturated rings. The molecule has 5 heteroatoms. The number of pyridine rings is 1. The van der Waals surface area contributed by atoms with Crippen LogP contribution in [0.4, 0.5) is 0 Å². The lowest BCUT2D eigenvalue weighted by molar-refractivity contribution is 0.0477. The number of para-hydroxylation sites is 2. The number of hydrogen-bond donors (Lipinski definition) is 1. The number of aromatic amines is 1. The van der Waals surface area contributed by atoms with Crippen molar-refractivity contribution in [3.05, 3.63) is 77.6 Å². The second-order valence-electron chi connectivity index (χ2n) is 7.13. The topological polar surface area (TPSA) is 72.1 Å². The minimum absolute atomic E-state index is 0.230. The van der Waals surface area contributed by atoms with Crippen LogP contribution in [0.1, 0.15) is 45.2 Å². The summed E-state index contributed by atoms with van der Waals surface area (Å²) < 4.78 is 5.40. The number of aromatic nitrogens is 2. The maximum absolute atomic E-state index is 12.8. The van der Waals surface area contributed by atoms with Gasteiger partial charge in [-0.05, 0) is 31.0 Å². The minimum atomic E-state index is -0.492. The van der Waals surface area contributed by atoms with E-state index in [0.29, 0.717) is 17.0 Å². The predicted octanol–water partition coefficient (Wildman–Crippen LogP) is 4.63. The van der Waals surface area contributed by atoms with Crippen LogP contribution in [-0.4, -0.2) is 28.3 Å². The van der Waals surface area contributed by atoms with E-state index in [1.165, 1.54) is 0 Å². The van der Waals surface area contributed by atoms with Crippen LogP contribution in [0.5, 0.6) is 0 Å². The summed E-state index contributed by atoms with van der Waals surface area (Å²) in [6.07, 6.45) is 3.85. The zero-order valence-corrected chi connectivity index (χ0v) is 15.1. The third-order valence-corrected chi connectivity index (χ3v) is 5.18. The number of Topliss-reactive ketones (excluding diaryl/α,β-unsaturated/α-hetero) is 1. The zero-order chi connectivity index (χ0) is 19.1. The van der Waals surface area contributed by atoms with Gasteiger partial charge < -0.3 is 9.72 Å². The number of ketones is 1. The van der Waals surface area contributed by atoms with Crippen LogP contribution in [-0.2, 0) is 4.74 Å². The number of fused-ring (bicyclic) bond motifs is 2. The number of rotatable bonds is 5. The summed E-state index contributed by atoms with van der Waals surface area (Å²) in [4.78, 5) is 33.1. The quantitative estimate of drug-likeness (QED) is 0.410. The van der Waals surface area contributed by atoms with E-state index in [0.717, 1.165) is 40.3 Å². The van der Waals surface area contributed by atoms with Gasteiger partial charge in [0.1, 0.15) is 0 Å². The monoisotopic (exact) mass is 370 g/mol. The normalized spacial score (nSPS) is 13.7. The average Bonchev–Trinajstić information content (AvgIpc) is 3.50. The number of carbonyl (C=O) groups is 2. The molecule has 0 radical (unpaired) electrons. The first-order valence-electron chi connectivity index (χ1n) is 9.37. The van der Waals surface area contributed by atoms with E-state index < -0.39 is 5.97 Å². The fourth-order valence-corrected chi connectivity index (χ4v) is 3.54. The van der Waals surface area contributed by atoms with Gasteiger partial charge in [0.25, 0.3) is 0 Å². The molecule has 5 rings (SSSR count). The van der Waals surface area contributed by atoms with Crippen molar-refractivity contribution in [2.24, 2.45) is 0 Å². The number of benzene rings is 2. The summed E-state index contributed by atoms with van der Waals surface area (Å²) >= 11 is 0. The van der Waals surface area contributed by atoms with Crippen molar-refractivity contribution in [3.63, 3.8) is 0 Å². The lowest BCUT2D eigenvalue weighted by Crippen LogP contribution is -2.15. The van der Waals surface area contributed by atoms with E-state index in [9.17, 15) is 9.59 Å². The molecule has 0 bridgehead atoms. The lowest BCUT2D eigenvalue weighted by atomic mass is 10.1. The molecule has 4 aromatic rings. The van der Waals surface area contributed by atoms with Crippen LogP contribution in [0, 0.1) is 0 Å². The number of H-pyrrole nitrogens is 1. The van der Waals surface area contributed by atoms with Gasteiger partial charge in [0.05, 0.1) is 11.1 Å². The summed E-state index contributed by atoms with van der Waals surface area (Å²) in [6, 6.07) is 16.9. The third kappa shape index (κ3) is 2.95. The van der Waals surface area contributed by atoms with Gasteiger partial charge >= 0.3 is 5.97 Å². The number of carbonyl (C=O) groups excluding carboxylic acids is 2. The Labute approximate surface area is 161 Å². The molecule has 2 aromatic heterocycles. The Morgan fingerprint density at radius 1 is 1.00 bits per heavy atom. The number of esters is 1. The average molecular weight is 370 g/mol. The molecule has 1 aliphatic rings. The summed E-state index contributed by atoms with van der Waals surface area (Å²) in [5, 5.41) is 1.57. The molecule has 0 amide bonds. The fourth-order valence-electron chi connectivity index (χ4n) is 3.54. The van der Waals surface area contributed by atoms with E-state index in [1.807, 2.05) is 54.6 Å². The first-order valence-corrected chi connectivity index (χ1v) is 9.37. The Bertz CT molecular complexity index is 1220. The van der Waals surface area contributed by atoms with Crippen molar-refractivity contribution in [3.8, 4) is 0 Å². The Hall–Kier alpha value is -3.47. The van der Waals surface area contributed by atoms with Gasteiger partial charge in [-0.25, -0.2) is 4.79 Å². The first kappa shape index (κ1) is 16.7. The van der Waals surface area contributed by atoms with E-state index >= 15 is 0 Å². The van der Waals surface area contributed by atoms with Gasteiger partial charge in [-0.3, -0.25) is 9.78 Å². The first-order chi connectivity index (χ1) is 13.7. The molecule has 2 aromatic carbocycles. The van der Waals surface area contributed by atoms with Gasteiger partial charge in [-0.2, -0.15) is 0 Å². The smallest absolute Gasteiger partial charge is 0.339 e. The highest BCUT2D eigenvalue weighted by atomic mass is 16.5. The van der Waals surface area contributed by atoms with E-state index in [4.69, 9.17) is 4.74 Å². The number of nitrogens with zero attached hydrogens (tertiary/aromatic N) is 1. The van der Waals surface area contributed by atoms with Crippen molar-refractivity contribution in [1.29, 1.82) is 0 Å². The van der Waals surface area contributed by atoms with Gasteiger partial charge in [0.15, 0.2) is 6.61 Å². The molecular formula is C23H18N2O3. The molecule has 138 valence electrons. The van der Waals surface area contributed by atoms with Gasteiger partial charge in [-0.15, -0.1) is 0 Å². The molecule has 1 saturated carbocycles. The Morgan fingerprint density at radius 3 is 2.57 bits per heavy atom. The lowest BCUT2D eigenvalue weighted by Gasteiger charge is -2.09. The van der Waals surface area contributed by atoms with Crippen molar-refractivity contribution >= 4 is 33.6 Å². The van der Waals surface area contributed by atoms with E-state index in [2.05, 4.69) is 9.97 Å². The van der Waals surface area contributed by atoms with Crippen LogP contribution in [0.2, 0.25) is 0 Å². The fraction of sp³-hybridized carbons (Fsp3) is 0.174. The van der Waals surface area contributed by atoms with Gasteiger partial charge in [0.2, 0.25) is 5.78 Å². The highest BCUT2D eigenvalue weighted by Crippen LogP contribution is 2.40. The van der Waals surface area contributed by atoms with Crippen LogP contribution in [0.3, 0.4) is 0 Å². The molecule has 0 aliphatic heterocycles. The molecule has 28 heavy (non-hydrogen) atoms. The largest absolute Gasteiger partial charge is 0.454 e. The molecule has 1 aliphatic carbocycles. The molecule has 0 spiro atoms. The van der Waals surface area contributed by atoms with Crippen molar-refractivity contribution in [2.75, 3.05) is 6.61 Å². The van der Waals surface area contributed by atoms with Crippen molar-refractivity contribution < 1.29 is 14.3 Å².